The molecule has 0 amide bonds. The van der Waals surface area contributed by atoms with Crippen LogP contribution >= 0.6 is 7.82 Å². The van der Waals surface area contributed by atoms with Gasteiger partial charge in [-0.1, -0.05) is 142 Å². The number of esters is 2. The highest BCUT2D eigenvalue weighted by Crippen LogP contribution is 2.43. The summed E-state index contributed by atoms with van der Waals surface area (Å²) >= 11 is 0. The van der Waals surface area contributed by atoms with E-state index in [2.05, 4.69) is 6.92 Å². The van der Waals surface area contributed by atoms with Crippen molar-refractivity contribution in [3.63, 3.8) is 0 Å². The summed E-state index contributed by atoms with van der Waals surface area (Å²) in [5.74, 6) is -0.849. The van der Waals surface area contributed by atoms with Crippen LogP contribution in [0.3, 0.4) is 0 Å². The van der Waals surface area contributed by atoms with Crippen LogP contribution in [0.15, 0.2) is 0 Å². The van der Waals surface area contributed by atoms with Gasteiger partial charge in [0, 0.05) is 19.4 Å². The molecule has 3 N–H and O–H groups in total. The quantitative estimate of drug-likeness (QED) is 0.0411. The monoisotopic (exact) mass is 635 g/mol. The molecule has 2 unspecified atom stereocenters. The lowest BCUT2D eigenvalue weighted by Crippen LogP contribution is -2.29. The first-order valence-electron chi connectivity index (χ1n) is 17.5. The molecule has 0 bridgehead atoms. The van der Waals surface area contributed by atoms with Gasteiger partial charge in [-0.05, 0) is 12.8 Å². The van der Waals surface area contributed by atoms with Crippen molar-refractivity contribution in [1.29, 1.82) is 0 Å². The van der Waals surface area contributed by atoms with Crippen molar-refractivity contribution >= 4 is 19.8 Å². The van der Waals surface area contributed by atoms with E-state index in [0.29, 0.717) is 12.8 Å². The maximum atomic E-state index is 12.4. The Balaban J connectivity index is 3.93. The summed E-state index contributed by atoms with van der Waals surface area (Å²) in [6, 6.07) is 0. The molecule has 0 radical (unpaired) electrons. The molecule has 10 heteroatoms. The van der Waals surface area contributed by atoms with E-state index >= 15 is 0 Å². The third-order valence-corrected chi connectivity index (χ3v) is 8.48. The van der Waals surface area contributed by atoms with Crippen molar-refractivity contribution in [1.82, 2.24) is 0 Å². The third kappa shape index (κ3) is 30.8. The fourth-order valence-electron chi connectivity index (χ4n) is 4.87. The Bertz CT molecular complexity index is 694. The predicted octanol–water partition coefficient (Wildman–Crippen LogP) is 8.94. The highest BCUT2D eigenvalue weighted by molar-refractivity contribution is 7.47. The van der Waals surface area contributed by atoms with E-state index in [0.717, 1.165) is 25.7 Å². The number of carbonyl (C=O) groups is 2. The first-order chi connectivity index (χ1) is 20.8. The van der Waals surface area contributed by atoms with Crippen LogP contribution in [-0.4, -0.2) is 49.3 Å². The zero-order chi connectivity index (χ0) is 31.9. The molecule has 0 fully saturated rings. The van der Waals surface area contributed by atoms with Crippen molar-refractivity contribution in [2.24, 2.45) is 5.73 Å². The molecular weight excluding hydrogens is 569 g/mol. The Morgan fingerprint density at radius 1 is 0.605 bits per heavy atom. The molecule has 256 valence electrons. The second kappa shape index (κ2) is 31.0. The second-order valence-electron chi connectivity index (χ2n) is 11.8. The van der Waals surface area contributed by atoms with Gasteiger partial charge in [0.05, 0.1) is 13.2 Å². The summed E-state index contributed by atoms with van der Waals surface area (Å²) in [6.07, 6.45) is 26.5. The van der Waals surface area contributed by atoms with Crippen LogP contribution in [0.25, 0.3) is 0 Å². The fourth-order valence-corrected chi connectivity index (χ4v) is 5.63. The molecule has 0 aliphatic rings. The number of carbonyl (C=O) groups excluding carboxylic acids is 2. The highest BCUT2D eigenvalue weighted by atomic mass is 31.2. The molecule has 9 nitrogen and oxygen atoms in total. The minimum atomic E-state index is -4.34. The first-order valence-corrected chi connectivity index (χ1v) is 19.0. The van der Waals surface area contributed by atoms with E-state index in [-0.39, 0.29) is 32.6 Å². The fraction of sp³-hybridized carbons (Fsp3) is 0.939. The lowest BCUT2D eigenvalue weighted by atomic mass is 10.0. The average molecular weight is 636 g/mol. The van der Waals surface area contributed by atoms with E-state index in [1.165, 1.54) is 103 Å². The van der Waals surface area contributed by atoms with Gasteiger partial charge in [-0.3, -0.25) is 18.6 Å². The van der Waals surface area contributed by atoms with Gasteiger partial charge >= 0.3 is 19.8 Å². The Kier molecular flexibility index (Phi) is 30.3. The second-order valence-corrected chi connectivity index (χ2v) is 13.2. The van der Waals surface area contributed by atoms with E-state index in [1.54, 1.807) is 0 Å². The van der Waals surface area contributed by atoms with Crippen LogP contribution in [0, 0.1) is 0 Å². The van der Waals surface area contributed by atoms with Crippen LogP contribution in [0.2, 0.25) is 0 Å². The molecule has 0 rings (SSSR count). The van der Waals surface area contributed by atoms with Crippen LogP contribution in [-0.2, 0) is 32.7 Å². The van der Waals surface area contributed by atoms with Crippen molar-refractivity contribution in [3.05, 3.63) is 0 Å². The summed E-state index contributed by atoms with van der Waals surface area (Å²) in [5, 5.41) is 0. The first kappa shape index (κ1) is 42.0. The van der Waals surface area contributed by atoms with Gasteiger partial charge < -0.3 is 20.1 Å². The maximum absolute atomic E-state index is 12.4. The molecule has 0 heterocycles. The van der Waals surface area contributed by atoms with Crippen LogP contribution in [0.1, 0.15) is 168 Å². The topological polar surface area (TPSA) is 134 Å². The maximum Gasteiger partial charge on any atom is 0.472 e. The number of nitrogens with two attached hydrogens (primary N) is 1. The van der Waals surface area contributed by atoms with Crippen LogP contribution < -0.4 is 5.73 Å². The van der Waals surface area contributed by atoms with Gasteiger partial charge in [-0.2, -0.15) is 0 Å². The van der Waals surface area contributed by atoms with Crippen LogP contribution in [0.4, 0.5) is 0 Å². The Hall–Kier alpha value is -0.990. The minimum absolute atomic E-state index is 0.0567. The summed E-state index contributed by atoms with van der Waals surface area (Å²) in [7, 11) is -4.34. The van der Waals surface area contributed by atoms with Crippen molar-refractivity contribution in [3.8, 4) is 0 Å². The molecule has 0 aliphatic heterocycles. The van der Waals surface area contributed by atoms with Crippen molar-refractivity contribution < 1.29 is 37.6 Å². The normalized spacial score (nSPS) is 13.5. The summed E-state index contributed by atoms with van der Waals surface area (Å²) in [6.45, 7) is 3.55. The largest absolute Gasteiger partial charge is 0.472 e. The summed E-state index contributed by atoms with van der Waals surface area (Å²) in [4.78, 5) is 34.1. The van der Waals surface area contributed by atoms with Gasteiger partial charge in [-0.25, -0.2) is 4.57 Å². The number of phosphoric ester groups is 1. The molecule has 0 aromatic heterocycles. The Morgan fingerprint density at radius 3 is 1.47 bits per heavy atom. The summed E-state index contributed by atoms with van der Waals surface area (Å²) < 4.78 is 32.2. The van der Waals surface area contributed by atoms with Crippen molar-refractivity contribution in [2.75, 3.05) is 26.4 Å². The van der Waals surface area contributed by atoms with E-state index < -0.39 is 32.5 Å². The van der Waals surface area contributed by atoms with E-state index in [4.69, 9.17) is 24.3 Å². The molecule has 0 aliphatic carbocycles. The van der Waals surface area contributed by atoms with Gasteiger partial charge in [0.15, 0.2) is 6.10 Å². The molecule has 0 spiro atoms. The lowest BCUT2D eigenvalue weighted by Gasteiger charge is -2.19. The lowest BCUT2D eigenvalue weighted by molar-refractivity contribution is -0.161. The van der Waals surface area contributed by atoms with E-state index in [9.17, 15) is 19.0 Å². The molecular formula is C33H66NO8P. The molecule has 2 atom stereocenters. The SMILES string of the molecule is CCCCCCCCCCCCCCCCCCCCCC(=O)OC(COC(=O)CCCCC)COP(=O)(O)OCCN. The molecule has 0 saturated heterocycles. The van der Waals surface area contributed by atoms with Gasteiger partial charge in [0.25, 0.3) is 0 Å². The molecule has 0 aromatic rings. The molecule has 0 aromatic carbocycles. The predicted molar refractivity (Wildman–Crippen MR) is 174 cm³/mol. The number of hydrogen-bond donors (Lipinski definition) is 2. The third-order valence-electron chi connectivity index (χ3n) is 7.49. The molecule has 0 saturated carbocycles. The van der Waals surface area contributed by atoms with Crippen molar-refractivity contribution in [2.45, 2.75) is 174 Å². The van der Waals surface area contributed by atoms with Gasteiger partial charge in [0.1, 0.15) is 6.61 Å². The standard InChI is InChI=1S/C33H66NO8P/c1-3-5-7-8-9-10-11-12-13-14-15-16-17-18-19-20-21-22-24-26-33(36)42-31(29-39-32(35)25-23-6-4-2)30-41-43(37,38)40-28-27-34/h31H,3-30,34H2,1-2H3,(H,37,38). The number of unbranched alkanes of at least 4 members (excludes halogenated alkanes) is 20. The zero-order valence-electron chi connectivity index (χ0n) is 27.7. The highest BCUT2D eigenvalue weighted by Gasteiger charge is 2.25. The number of hydrogen-bond acceptors (Lipinski definition) is 8. The average Bonchev–Trinajstić information content (AvgIpc) is 2.98. The number of rotatable bonds is 33. The smallest absolute Gasteiger partial charge is 0.462 e. The van der Waals surface area contributed by atoms with Crippen LogP contribution in [0.5, 0.6) is 0 Å². The Morgan fingerprint density at radius 2 is 1.00 bits per heavy atom. The minimum Gasteiger partial charge on any atom is -0.462 e. The zero-order valence-corrected chi connectivity index (χ0v) is 28.6. The molecule has 43 heavy (non-hydrogen) atoms. The summed E-state index contributed by atoms with van der Waals surface area (Å²) in [5.41, 5.74) is 5.29. The number of ether oxygens (including phenoxy) is 2. The Labute approximate surface area is 263 Å². The van der Waals surface area contributed by atoms with Gasteiger partial charge in [-0.15, -0.1) is 0 Å². The van der Waals surface area contributed by atoms with E-state index in [1.807, 2.05) is 6.92 Å². The van der Waals surface area contributed by atoms with Gasteiger partial charge in [0.2, 0.25) is 0 Å². The number of phosphoric acid groups is 1.